The minimum atomic E-state index is 0.682. The van der Waals surface area contributed by atoms with Gasteiger partial charge in [0.15, 0.2) is 0 Å². The van der Waals surface area contributed by atoms with Crippen molar-refractivity contribution in [2.45, 2.75) is 12.8 Å². The molecule has 3 heteroatoms. The summed E-state index contributed by atoms with van der Waals surface area (Å²) >= 11 is 0. The van der Waals surface area contributed by atoms with Crippen LogP contribution in [-0.2, 0) is 0 Å². The number of rotatable bonds is 7. The number of ether oxygens (including phenoxy) is 2. The van der Waals surface area contributed by atoms with E-state index in [-0.39, 0.29) is 0 Å². The van der Waals surface area contributed by atoms with E-state index in [1.54, 1.807) is 0 Å². The van der Waals surface area contributed by atoms with Gasteiger partial charge in [0, 0.05) is 11.8 Å². The molecule has 0 fully saturated rings. The van der Waals surface area contributed by atoms with Gasteiger partial charge in [-0.1, -0.05) is 24.3 Å². The van der Waals surface area contributed by atoms with Gasteiger partial charge in [0.2, 0.25) is 0 Å². The zero-order chi connectivity index (χ0) is 13.3. The molecule has 2 aromatic carbocycles. The zero-order valence-corrected chi connectivity index (χ0v) is 10.9. The summed E-state index contributed by atoms with van der Waals surface area (Å²) < 4.78 is 11.2. The van der Waals surface area contributed by atoms with Gasteiger partial charge < -0.3 is 15.2 Å². The Morgan fingerprint density at radius 1 is 0.737 bits per heavy atom. The van der Waals surface area contributed by atoms with Crippen LogP contribution in [0.25, 0.3) is 0 Å². The number of para-hydroxylation sites is 1. The van der Waals surface area contributed by atoms with E-state index in [1.165, 1.54) is 0 Å². The molecule has 0 aliphatic carbocycles. The van der Waals surface area contributed by atoms with Crippen LogP contribution in [0.1, 0.15) is 12.8 Å². The lowest BCUT2D eigenvalue weighted by atomic mass is 10.3. The Hall–Kier alpha value is -2.16. The molecule has 100 valence electrons. The number of hydrogen-bond acceptors (Lipinski definition) is 3. The zero-order valence-electron chi connectivity index (χ0n) is 10.9. The molecule has 2 aromatic rings. The molecule has 0 amide bonds. The SMILES string of the molecule is Nc1cccc(OCCCCOc2ccccc2)c1. The molecule has 19 heavy (non-hydrogen) atoms. The van der Waals surface area contributed by atoms with Crippen molar-refractivity contribution in [3.63, 3.8) is 0 Å². The van der Waals surface area contributed by atoms with Gasteiger partial charge in [-0.2, -0.15) is 0 Å². The summed E-state index contributed by atoms with van der Waals surface area (Å²) in [5, 5.41) is 0. The largest absolute Gasteiger partial charge is 0.494 e. The number of nitrogens with two attached hydrogens (primary N) is 1. The molecule has 3 nitrogen and oxygen atoms in total. The van der Waals surface area contributed by atoms with E-state index in [2.05, 4.69) is 0 Å². The van der Waals surface area contributed by atoms with Gasteiger partial charge in [-0.05, 0) is 37.1 Å². The van der Waals surface area contributed by atoms with Crippen LogP contribution < -0.4 is 15.2 Å². The van der Waals surface area contributed by atoms with Gasteiger partial charge in [-0.3, -0.25) is 0 Å². The van der Waals surface area contributed by atoms with E-state index in [1.807, 2.05) is 54.6 Å². The second kappa shape index (κ2) is 7.31. The van der Waals surface area contributed by atoms with Gasteiger partial charge in [0.25, 0.3) is 0 Å². The highest BCUT2D eigenvalue weighted by atomic mass is 16.5. The first-order valence-electron chi connectivity index (χ1n) is 6.51. The number of nitrogen functional groups attached to an aromatic ring is 1. The Kier molecular flexibility index (Phi) is 5.11. The van der Waals surface area contributed by atoms with Crippen molar-refractivity contribution in [2.24, 2.45) is 0 Å². The molecule has 0 heterocycles. The molecule has 0 radical (unpaired) electrons. The van der Waals surface area contributed by atoms with E-state index in [0.29, 0.717) is 13.2 Å². The maximum absolute atomic E-state index is 5.67. The van der Waals surface area contributed by atoms with Gasteiger partial charge in [-0.15, -0.1) is 0 Å². The lowest BCUT2D eigenvalue weighted by Gasteiger charge is -2.08. The van der Waals surface area contributed by atoms with Crippen LogP contribution in [0.3, 0.4) is 0 Å². The topological polar surface area (TPSA) is 44.5 Å². The first kappa shape index (κ1) is 13.3. The van der Waals surface area contributed by atoms with Gasteiger partial charge >= 0.3 is 0 Å². The van der Waals surface area contributed by atoms with Crippen LogP contribution in [0.15, 0.2) is 54.6 Å². The quantitative estimate of drug-likeness (QED) is 0.610. The first-order chi connectivity index (χ1) is 9.34. The second-order valence-electron chi connectivity index (χ2n) is 4.29. The second-order valence-corrected chi connectivity index (χ2v) is 4.29. The van der Waals surface area contributed by atoms with Crippen molar-refractivity contribution in [1.29, 1.82) is 0 Å². The van der Waals surface area contributed by atoms with Crippen LogP contribution in [0.5, 0.6) is 11.5 Å². The van der Waals surface area contributed by atoms with Crippen molar-refractivity contribution < 1.29 is 9.47 Å². The summed E-state index contributed by atoms with van der Waals surface area (Å²) in [4.78, 5) is 0. The standard InChI is InChI=1S/C16H19NO2/c17-14-7-6-10-16(13-14)19-12-5-4-11-18-15-8-2-1-3-9-15/h1-3,6-10,13H,4-5,11-12,17H2. The molecule has 0 aliphatic heterocycles. The third-order valence-corrected chi connectivity index (χ3v) is 2.68. The van der Waals surface area contributed by atoms with Crippen molar-refractivity contribution in [3.8, 4) is 11.5 Å². The van der Waals surface area contributed by atoms with Crippen LogP contribution in [-0.4, -0.2) is 13.2 Å². The predicted molar refractivity (Wildman–Crippen MR) is 77.5 cm³/mol. The summed E-state index contributed by atoms with van der Waals surface area (Å²) in [5.74, 6) is 1.74. The Labute approximate surface area is 114 Å². The summed E-state index contributed by atoms with van der Waals surface area (Å²) in [6.45, 7) is 1.39. The summed E-state index contributed by atoms with van der Waals surface area (Å²) in [6.07, 6.45) is 1.93. The first-order valence-corrected chi connectivity index (χ1v) is 6.51. The number of hydrogen-bond donors (Lipinski definition) is 1. The third-order valence-electron chi connectivity index (χ3n) is 2.68. The lowest BCUT2D eigenvalue weighted by Crippen LogP contribution is -2.02. The summed E-state index contributed by atoms with van der Waals surface area (Å²) in [6, 6.07) is 17.3. The minimum absolute atomic E-state index is 0.682. The fraction of sp³-hybridized carbons (Fsp3) is 0.250. The average Bonchev–Trinajstić information content (AvgIpc) is 2.44. The van der Waals surface area contributed by atoms with Gasteiger partial charge in [0.1, 0.15) is 11.5 Å². The maximum atomic E-state index is 5.67. The van der Waals surface area contributed by atoms with Crippen molar-refractivity contribution in [3.05, 3.63) is 54.6 Å². The van der Waals surface area contributed by atoms with Crippen molar-refractivity contribution >= 4 is 5.69 Å². The van der Waals surface area contributed by atoms with Gasteiger partial charge in [0.05, 0.1) is 13.2 Å². The number of benzene rings is 2. The molecule has 0 saturated heterocycles. The molecule has 2 N–H and O–H groups in total. The van der Waals surface area contributed by atoms with Crippen molar-refractivity contribution in [2.75, 3.05) is 18.9 Å². The highest BCUT2D eigenvalue weighted by molar-refractivity contribution is 5.43. The van der Waals surface area contributed by atoms with Crippen LogP contribution in [0.2, 0.25) is 0 Å². The Balaban J connectivity index is 1.58. The highest BCUT2D eigenvalue weighted by Crippen LogP contribution is 2.15. The van der Waals surface area contributed by atoms with E-state index in [9.17, 15) is 0 Å². The smallest absolute Gasteiger partial charge is 0.121 e. The molecule has 2 rings (SSSR count). The Morgan fingerprint density at radius 3 is 2.05 bits per heavy atom. The van der Waals surface area contributed by atoms with E-state index in [4.69, 9.17) is 15.2 Å². The molecule has 0 atom stereocenters. The molecule has 0 bridgehead atoms. The normalized spacial score (nSPS) is 10.1. The fourth-order valence-corrected chi connectivity index (χ4v) is 1.71. The molecule has 0 aromatic heterocycles. The maximum Gasteiger partial charge on any atom is 0.121 e. The summed E-state index contributed by atoms with van der Waals surface area (Å²) in [7, 11) is 0. The molecular formula is C16H19NO2. The van der Waals surface area contributed by atoms with Gasteiger partial charge in [-0.25, -0.2) is 0 Å². The Bertz CT molecular complexity index is 485. The lowest BCUT2D eigenvalue weighted by molar-refractivity contribution is 0.266. The number of anilines is 1. The molecule has 0 aliphatic rings. The monoisotopic (exact) mass is 257 g/mol. The minimum Gasteiger partial charge on any atom is -0.494 e. The Morgan fingerprint density at radius 2 is 1.37 bits per heavy atom. The van der Waals surface area contributed by atoms with Crippen LogP contribution in [0.4, 0.5) is 5.69 Å². The van der Waals surface area contributed by atoms with E-state index in [0.717, 1.165) is 30.0 Å². The third kappa shape index (κ3) is 4.92. The summed E-state index contributed by atoms with van der Waals surface area (Å²) in [5.41, 5.74) is 6.40. The molecule has 0 saturated carbocycles. The van der Waals surface area contributed by atoms with Crippen LogP contribution >= 0.6 is 0 Å². The van der Waals surface area contributed by atoms with E-state index >= 15 is 0 Å². The van der Waals surface area contributed by atoms with Crippen LogP contribution in [0, 0.1) is 0 Å². The average molecular weight is 257 g/mol. The number of unbranched alkanes of at least 4 members (excludes halogenated alkanes) is 1. The predicted octanol–water partition coefficient (Wildman–Crippen LogP) is 3.51. The fourth-order valence-electron chi connectivity index (χ4n) is 1.71. The highest BCUT2D eigenvalue weighted by Gasteiger charge is 1.95. The molecule has 0 spiro atoms. The van der Waals surface area contributed by atoms with E-state index < -0.39 is 0 Å². The molecule has 0 unspecified atom stereocenters. The van der Waals surface area contributed by atoms with Crippen molar-refractivity contribution in [1.82, 2.24) is 0 Å². The molecular weight excluding hydrogens is 238 g/mol.